The van der Waals surface area contributed by atoms with Gasteiger partial charge in [0.2, 0.25) is 5.91 Å². The molecule has 1 heterocycles. The zero-order chi connectivity index (χ0) is 20.8. The summed E-state index contributed by atoms with van der Waals surface area (Å²) in [5.74, 6) is 1.44. The Labute approximate surface area is 174 Å². The van der Waals surface area contributed by atoms with E-state index in [4.69, 9.17) is 10.5 Å². The molecule has 3 rings (SSSR count). The van der Waals surface area contributed by atoms with Crippen LogP contribution in [-0.4, -0.2) is 32.5 Å². The highest BCUT2D eigenvalue weighted by Gasteiger charge is 2.20. The summed E-state index contributed by atoms with van der Waals surface area (Å²) in [4.78, 5) is 12.6. The number of nitrogen functional groups attached to an aromatic ring is 1. The maximum absolute atomic E-state index is 12.6. The number of nitrogens with one attached hydrogen (secondary N) is 1. The number of amides is 1. The molecule has 0 aliphatic rings. The number of hydrogen-bond donors (Lipinski definition) is 2. The first-order chi connectivity index (χ1) is 14.0. The average molecular weight is 412 g/mol. The van der Waals surface area contributed by atoms with E-state index in [2.05, 4.69) is 15.5 Å². The first-order valence-electron chi connectivity index (χ1n) is 9.51. The molecular formula is C21H25N5O2S. The van der Waals surface area contributed by atoms with Gasteiger partial charge in [0.25, 0.3) is 0 Å². The molecule has 1 aromatic heterocycles. The standard InChI is InChI=1S/C21H25N5O2S/c1-4-26-19(15-6-8-16(22)9-7-15)24-25-21(26)29-14(3)20(27)23-17-10-12-18(13-11-17)28-5-2/h6-14H,4-5,22H2,1-3H3,(H,23,27). The van der Waals surface area contributed by atoms with Gasteiger partial charge < -0.3 is 20.4 Å². The number of nitrogens with two attached hydrogens (primary N) is 1. The third kappa shape index (κ3) is 5.08. The van der Waals surface area contributed by atoms with Gasteiger partial charge in [0.1, 0.15) is 5.75 Å². The van der Waals surface area contributed by atoms with Crippen LogP contribution in [0.2, 0.25) is 0 Å². The lowest BCUT2D eigenvalue weighted by Gasteiger charge is -2.13. The number of ether oxygens (including phenoxy) is 1. The lowest BCUT2D eigenvalue weighted by molar-refractivity contribution is -0.115. The van der Waals surface area contributed by atoms with Crippen molar-refractivity contribution in [3.05, 3.63) is 48.5 Å². The van der Waals surface area contributed by atoms with Gasteiger partial charge in [-0.15, -0.1) is 10.2 Å². The largest absolute Gasteiger partial charge is 0.494 e. The van der Waals surface area contributed by atoms with Crippen molar-refractivity contribution >= 4 is 29.0 Å². The Balaban J connectivity index is 1.68. The second-order valence-electron chi connectivity index (χ2n) is 6.38. The van der Waals surface area contributed by atoms with Crippen LogP contribution in [0.25, 0.3) is 11.4 Å². The third-order valence-corrected chi connectivity index (χ3v) is 5.37. The molecule has 1 amide bonds. The van der Waals surface area contributed by atoms with Crippen LogP contribution in [0.15, 0.2) is 53.7 Å². The van der Waals surface area contributed by atoms with Crippen molar-refractivity contribution < 1.29 is 9.53 Å². The van der Waals surface area contributed by atoms with E-state index >= 15 is 0 Å². The quantitative estimate of drug-likeness (QED) is 0.429. The highest BCUT2D eigenvalue weighted by Crippen LogP contribution is 2.28. The zero-order valence-electron chi connectivity index (χ0n) is 16.8. The summed E-state index contributed by atoms with van der Waals surface area (Å²) in [6.07, 6.45) is 0. The van der Waals surface area contributed by atoms with E-state index in [1.165, 1.54) is 11.8 Å². The van der Waals surface area contributed by atoms with Crippen molar-refractivity contribution in [1.82, 2.24) is 14.8 Å². The molecule has 7 nitrogen and oxygen atoms in total. The highest BCUT2D eigenvalue weighted by molar-refractivity contribution is 8.00. The molecule has 3 aromatic rings. The Kier molecular flexibility index (Phi) is 6.77. The van der Waals surface area contributed by atoms with Crippen molar-refractivity contribution in [3.8, 4) is 17.1 Å². The molecule has 0 radical (unpaired) electrons. The molecule has 0 aliphatic heterocycles. The van der Waals surface area contributed by atoms with Crippen LogP contribution in [0.3, 0.4) is 0 Å². The smallest absolute Gasteiger partial charge is 0.237 e. The molecule has 1 unspecified atom stereocenters. The molecule has 0 aliphatic carbocycles. The minimum Gasteiger partial charge on any atom is -0.494 e. The Morgan fingerprint density at radius 3 is 2.45 bits per heavy atom. The van der Waals surface area contributed by atoms with Crippen molar-refractivity contribution in [3.63, 3.8) is 0 Å². The van der Waals surface area contributed by atoms with E-state index in [9.17, 15) is 4.79 Å². The minimum atomic E-state index is -0.338. The molecule has 0 spiro atoms. The van der Waals surface area contributed by atoms with Gasteiger partial charge in [0.05, 0.1) is 11.9 Å². The predicted molar refractivity (Wildman–Crippen MR) is 117 cm³/mol. The Morgan fingerprint density at radius 1 is 1.14 bits per heavy atom. The highest BCUT2D eigenvalue weighted by atomic mass is 32.2. The summed E-state index contributed by atoms with van der Waals surface area (Å²) in [7, 11) is 0. The summed E-state index contributed by atoms with van der Waals surface area (Å²) in [6.45, 7) is 7.12. The van der Waals surface area contributed by atoms with Crippen molar-refractivity contribution in [2.75, 3.05) is 17.7 Å². The first-order valence-corrected chi connectivity index (χ1v) is 10.4. The van der Waals surface area contributed by atoms with Gasteiger partial charge in [-0.1, -0.05) is 11.8 Å². The van der Waals surface area contributed by atoms with Gasteiger partial charge in [-0.3, -0.25) is 4.79 Å². The number of aromatic nitrogens is 3. The zero-order valence-corrected chi connectivity index (χ0v) is 17.6. The van der Waals surface area contributed by atoms with Crippen LogP contribution < -0.4 is 15.8 Å². The number of thioether (sulfide) groups is 1. The maximum atomic E-state index is 12.6. The molecule has 0 bridgehead atoms. The van der Waals surface area contributed by atoms with Gasteiger partial charge >= 0.3 is 0 Å². The molecule has 1 atom stereocenters. The fourth-order valence-corrected chi connectivity index (χ4v) is 3.68. The molecule has 3 N–H and O–H groups in total. The van der Waals surface area contributed by atoms with E-state index < -0.39 is 0 Å². The van der Waals surface area contributed by atoms with Gasteiger partial charge in [-0.2, -0.15) is 0 Å². The van der Waals surface area contributed by atoms with E-state index in [1.807, 2.05) is 73.9 Å². The van der Waals surface area contributed by atoms with Crippen LogP contribution in [0.4, 0.5) is 11.4 Å². The summed E-state index contributed by atoms with van der Waals surface area (Å²) in [5, 5.41) is 11.9. The van der Waals surface area contributed by atoms with Gasteiger partial charge in [0.15, 0.2) is 11.0 Å². The molecule has 0 saturated heterocycles. The summed E-state index contributed by atoms with van der Waals surface area (Å²) < 4.78 is 7.42. The molecule has 0 fully saturated rings. The number of benzene rings is 2. The number of rotatable bonds is 8. The molecule has 152 valence electrons. The van der Waals surface area contributed by atoms with E-state index in [1.54, 1.807) is 0 Å². The Bertz CT molecular complexity index is 954. The number of anilines is 2. The van der Waals surface area contributed by atoms with Crippen LogP contribution in [-0.2, 0) is 11.3 Å². The molecule has 29 heavy (non-hydrogen) atoms. The number of carbonyl (C=O) groups is 1. The summed E-state index contributed by atoms with van der Waals surface area (Å²) in [5.41, 5.74) is 8.13. The maximum Gasteiger partial charge on any atom is 0.237 e. The second kappa shape index (κ2) is 9.47. The predicted octanol–water partition coefficient (Wildman–Crippen LogP) is 4.07. The third-order valence-electron chi connectivity index (χ3n) is 4.29. The lowest BCUT2D eigenvalue weighted by atomic mass is 10.2. The van der Waals surface area contributed by atoms with Crippen molar-refractivity contribution in [2.45, 2.75) is 37.7 Å². The van der Waals surface area contributed by atoms with E-state index in [-0.39, 0.29) is 11.2 Å². The van der Waals surface area contributed by atoms with Gasteiger partial charge in [-0.25, -0.2) is 0 Å². The van der Waals surface area contributed by atoms with E-state index in [0.717, 1.165) is 22.8 Å². The Hall–Kier alpha value is -3.00. The SMILES string of the molecule is CCOc1ccc(NC(=O)C(C)Sc2nnc(-c3ccc(N)cc3)n2CC)cc1. The van der Waals surface area contributed by atoms with E-state index in [0.29, 0.717) is 24.0 Å². The molecule has 0 saturated carbocycles. The van der Waals surface area contributed by atoms with Crippen LogP contribution in [0.5, 0.6) is 5.75 Å². The Morgan fingerprint density at radius 2 is 1.83 bits per heavy atom. The lowest BCUT2D eigenvalue weighted by Crippen LogP contribution is -2.22. The van der Waals surface area contributed by atoms with Crippen LogP contribution in [0, 0.1) is 0 Å². The number of nitrogens with zero attached hydrogens (tertiary/aromatic N) is 3. The molecule has 2 aromatic carbocycles. The first kappa shape index (κ1) is 20.7. The number of hydrogen-bond acceptors (Lipinski definition) is 6. The summed E-state index contributed by atoms with van der Waals surface area (Å²) in [6, 6.07) is 14.8. The van der Waals surface area contributed by atoms with Gasteiger partial charge in [0, 0.05) is 23.5 Å². The minimum absolute atomic E-state index is 0.0983. The van der Waals surface area contributed by atoms with Crippen LogP contribution in [0.1, 0.15) is 20.8 Å². The fourth-order valence-electron chi connectivity index (χ4n) is 2.76. The van der Waals surface area contributed by atoms with Crippen molar-refractivity contribution in [2.24, 2.45) is 0 Å². The number of carbonyl (C=O) groups excluding carboxylic acids is 1. The van der Waals surface area contributed by atoms with Crippen LogP contribution >= 0.6 is 11.8 Å². The second-order valence-corrected chi connectivity index (χ2v) is 7.69. The van der Waals surface area contributed by atoms with Gasteiger partial charge in [-0.05, 0) is 69.3 Å². The fraction of sp³-hybridized carbons (Fsp3) is 0.286. The monoisotopic (exact) mass is 411 g/mol. The normalized spacial score (nSPS) is 11.8. The topological polar surface area (TPSA) is 95.1 Å². The summed E-state index contributed by atoms with van der Waals surface area (Å²) >= 11 is 1.38. The average Bonchev–Trinajstić information content (AvgIpc) is 3.12. The molecule has 8 heteroatoms. The molecular weight excluding hydrogens is 386 g/mol. The van der Waals surface area contributed by atoms with Crippen molar-refractivity contribution in [1.29, 1.82) is 0 Å².